The molecule has 0 fully saturated rings. The summed E-state index contributed by atoms with van der Waals surface area (Å²) in [4.78, 5) is 25.0. The highest BCUT2D eigenvalue weighted by atomic mass is 16.5. The van der Waals surface area contributed by atoms with E-state index in [2.05, 4.69) is 0 Å². The number of phenolic OH excluding ortho intramolecular Hbond substituents is 4. The van der Waals surface area contributed by atoms with Gasteiger partial charge < -0.3 is 39.1 Å². The normalized spacial score (nSPS) is 16.7. The molecular formula is C26H18O10. The number of ether oxygens (including phenoxy) is 1. The molecule has 2 aromatic heterocycles. The van der Waals surface area contributed by atoms with Gasteiger partial charge in [0.1, 0.15) is 29.1 Å². The first-order valence-corrected chi connectivity index (χ1v) is 10.6. The van der Waals surface area contributed by atoms with Crippen molar-refractivity contribution >= 4 is 12.2 Å². The molecule has 0 saturated heterocycles. The maximum Gasteiger partial charge on any atom is 0.344 e. The number of rotatable bonds is 4. The quantitative estimate of drug-likeness (QED) is 0.266. The van der Waals surface area contributed by atoms with Gasteiger partial charge in [-0.15, -0.1) is 0 Å². The predicted octanol–water partition coefficient (Wildman–Crippen LogP) is 3.56. The van der Waals surface area contributed by atoms with Crippen LogP contribution in [0.25, 0.3) is 12.2 Å². The Hall–Kier alpha value is -5.12. The van der Waals surface area contributed by atoms with E-state index in [1.807, 2.05) is 0 Å². The van der Waals surface area contributed by atoms with Gasteiger partial charge in [0.15, 0.2) is 23.0 Å². The van der Waals surface area contributed by atoms with Crippen molar-refractivity contribution in [2.75, 3.05) is 0 Å². The molecule has 0 bridgehead atoms. The van der Waals surface area contributed by atoms with E-state index < -0.39 is 29.0 Å². The summed E-state index contributed by atoms with van der Waals surface area (Å²) in [7, 11) is 0. The van der Waals surface area contributed by atoms with Crippen LogP contribution in [0.2, 0.25) is 0 Å². The molecule has 2 aromatic carbocycles. The Morgan fingerprint density at radius 3 is 2.14 bits per heavy atom. The van der Waals surface area contributed by atoms with Crippen molar-refractivity contribution in [1.29, 1.82) is 0 Å². The molecule has 4 aromatic rings. The van der Waals surface area contributed by atoms with E-state index in [9.17, 15) is 35.1 Å². The summed E-state index contributed by atoms with van der Waals surface area (Å²) >= 11 is 0. The Morgan fingerprint density at radius 1 is 0.722 bits per heavy atom. The molecule has 1 aliphatic heterocycles. The summed E-state index contributed by atoms with van der Waals surface area (Å²) in [6.45, 7) is 0. The second kappa shape index (κ2) is 8.58. The molecule has 3 heterocycles. The molecule has 36 heavy (non-hydrogen) atoms. The number of phenols is 4. The average molecular weight is 490 g/mol. The monoisotopic (exact) mass is 490 g/mol. The third-order valence-corrected chi connectivity index (χ3v) is 5.69. The molecule has 2 unspecified atom stereocenters. The highest BCUT2D eigenvalue weighted by Crippen LogP contribution is 2.49. The SMILES string of the molecule is O=c1cc(O)cc(C2c3c(cc(/C=C/c4ccc(O)c(O)c4)oc3=O)OC2c2ccc(O)c(O)c2)o1. The van der Waals surface area contributed by atoms with E-state index in [1.165, 1.54) is 48.5 Å². The minimum absolute atomic E-state index is 0.0285. The summed E-state index contributed by atoms with van der Waals surface area (Å²) in [5, 5.41) is 48.8. The lowest BCUT2D eigenvalue weighted by molar-refractivity contribution is 0.208. The predicted molar refractivity (Wildman–Crippen MR) is 125 cm³/mol. The van der Waals surface area contributed by atoms with Gasteiger partial charge in [-0.05, 0) is 41.5 Å². The van der Waals surface area contributed by atoms with E-state index in [1.54, 1.807) is 12.1 Å². The van der Waals surface area contributed by atoms with Crippen LogP contribution in [-0.4, -0.2) is 25.5 Å². The van der Waals surface area contributed by atoms with Crippen LogP contribution in [0.5, 0.6) is 34.5 Å². The van der Waals surface area contributed by atoms with E-state index >= 15 is 0 Å². The Morgan fingerprint density at radius 2 is 1.44 bits per heavy atom. The highest BCUT2D eigenvalue weighted by molar-refractivity contribution is 5.69. The van der Waals surface area contributed by atoms with Gasteiger partial charge in [-0.1, -0.05) is 18.2 Å². The van der Waals surface area contributed by atoms with Crippen LogP contribution in [-0.2, 0) is 0 Å². The average Bonchev–Trinajstić information content (AvgIpc) is 3.21. The second-order valence-electron chi connectivity index (χ2n) is 8.10. The van der Waals surface area contributed by atoms with Crippen LogP contribution in [0.15, 0.2) is 73.0 Å². The number of fused-ring (bicyclic) bond motifs is 1. The maximum atomic E-state index is 13.1. The molecule has 0 saturated carbocycles. The van der Waals surface area contributed by atoms with Crippen LogP contribution >= 0.6 is 0 Å². The first-order chi connectivity index (χ1) is 17.2. The van der Waals surface area contributed by atoms with Crippen molar-refractivity contribution < 1.29 is 39.1 Å². The summed E-state index contributed by atoms with van der Waals surface area (Å²) < 4.78 is 16.7. The lowest BCUT2D eigenvalue weighted by atomic mass is 9.89. The summed E-state index contributed by atoms with van der Waals surface area (Å²) in [6, 6.07) is 11.6. The fraction of sp³-hybridized carbons (Fsp3) is 0.0769. The largest absolute Gasteiger partial charge is 0.508 e. The number of hydrogen-bond acceptors (Lipinski definition) is 10. The Labute approximate surface area is 201 Å². The molecule has 0 amide bonds. The zero-order valence-electron chi connectivity index (χ0n) is 18.3. The minimum atomic E-state index is -1.02. The molecule has 10 heteroatoms. The Bertz CT molecular complexity index is 1630. The molecule has 0 spiro atoms. The van der Waals surface area contributed by atoms with Crippen LogP contribution in [0, 0.1) is 0 Å². The van der Waals surface area contributed by atoms with Gasteiger partial charge in [-0.3, -0.25) is 0 Å². The van der Waals surface area contributed by atoms with E-state index in [0.717, 1.165) is 6.07 Å². The van der Waals surface area contributed by atoms with Gasteiger partial charge in [-0.25, -0.2) is 9.59 Å². The fourth-order valence-electron chi connectivity index (χ4n) is 4.04. The Balaban J connectivity index is 1.61. The first-order valence-electron chi connectivity index (χ1n) is 10.6. The lowest BCUT2D eigenvalue weighted by Gasteiger charge is -2.18. The zero-order valence-corrected chi connectivity index (χ0v) is 18.3. The summed E-state index contributed by atoms with van der Waals surface area (Å²) in [5.74, 6) is -2.60. The van der Waals surface area contributed by atoms with Crippen LogP contribution < -0.4 is 16.0 Å². The van der Waals surface area contributed by atoms with Crippen LogP contribution in [0.1, 0.15) is 40.2 Å². The topological polar surface area (TPSA) is 171 Å². The molecule has 0 radical (unpaired) electrons. The van der Waals surface area contributed by atoms with Crippen molar-refractivity contribution in [2.45, 2.75) is 12.0 Å². The van der Waals surface area contributed by atoms with Crippen molar-refractivity contribution in [3.05, 3.63) is 104 Å². The van der Waals surface area contributed by atoms with E-state index in [-0.39, 0.29) is 45.8 Å². The van der Waals surface area contributed by atoms with Crippen molar-refractivity contribution in [3.63, 3.8) is 0 Å². The van der Waals surface area contributed by atoms with Gasteiger partial charge in [0.25, 0.3) is 0 Å². The molecule has 1 aliphatic rings. The third kappa shape index (κ3) is 4.11. The molecule has 2 atom stereocenters. The molecule has 5 N–H and O–H groups in total. The first kappa shape index (κ1) is 22.7. The lowest BCUT2D eigenvalue weighted by Crippen LogP contribution is -2.17. The van der Waals surface area contributed by atoms with Gasteiger partial charge in [0, 0.05) is 12.1 Å². The summed E-state index contributed by atoms with van der Waals surface area (Å²) in [6.07, 6.45) is 2.02. The van der Waals surface area contributed by atoms with Gasteiger partial charge in [-0.2, -0.15) is 0 Å². The summed E-state index contributed by atoms with van der Waals surface area (Å²) in [5.41, 5.74) is -0.727. The van der Waals surface area contributed by atoms with Crippen LogP contribution in [0.3, 0.4) is 0 Å². The highest BCUT2D eigenvalue weighted by Gasteiger charge is 2.42. The molecule has 10 nitrogen and oxygen atoms in total. The van der Waals surface area contributed by atoms with E-state index in [4.69, 9.17) is 13.6 Å². The minimum Gasteiger partial charge on any atom is -0.508 e. The standard InChI is InChI=1S/C26H18O10/c27-14-9-20(35-22(32)10-14)23-24-21(36-25(23)13-3-6-17(29)19(31)8-13)11-15(34-26(24)33)4-1-12-2-5-16(28)18(30)7-12/h1-11,23,25,27-31H/b4-1+. The van der Waals surface area contributed by atoms with E-state index in [0.29, 0.717) is 11.1 Å². The van der Waals surface area contributed by atoms with Crippen molar-refractivity contribution in [2.24, 2.45) is 0 Å². The molecule has 182 valence electrons. The third-order valence-electron chi connectivity index (χ3n) is 5.69. The second-order valence-corrected chi connectivity index (χ2v) is 8.10. The Kier molecular flexibility index (Phi) is 5.40. The number of aromatic hydroxyl groups is 5. The van der Waals surface area contributed by atoms with Crippen LogP contribution in [0.4, 0.5) is 0 Å². The van der Waals surface area contributed by atoms with Gasteiger partial charge in [0.2, 0.25) is 0 Å². The number of hydrogen-bond donors (Lipinski definition) is 5. The van der Waals surface area contributed by atoms with Crippen molar-refractivity contribution in [1.82, 2.24) is 0 Å². The van der Waals surface area contributed by atoms with Crippen molar-refractivity contribution in [3.8, 4) is 34.5 Å². The molecular weight excluding hydrogens is 472 g/mol. The number of benzene rings is 2. The maximum absolute atomic E-state index is 13.1. The molecule has 5 rings (SSSR count). The fourth-order valence-corrected chi connectivity index (χ4v) is 4.04. The van der Waals surface area contributed by atoms with Gasteiger partial charge >= 0.3 is 11.3 Å². The zero-order chi connectivity index (χ0) is 25.6. The smallest absolute Gasteiger partial charge is 0.344 e. The van der Waals surface area contributed by atoms with Gasteiger partial charge in [0.05, 0.1) is 17.5 Å². The molecule has 0 aliphatic carbocycles.